The first-order valence-corrected chi connectivity index (χ1v) is 16.8. The quantitative estimate of drug-likeness (QED) is 0.176. The number of benzene rings is 1. The SMILES string of the molecule is CC(C)(C)[Si](C)(C)O[C@H]1C[C@](N=[N+]=[N-])(n2cnc3c(NC(=O)c4ccccc4)ncnc32)O[C@@H]1CS(N)(=O)=O. The number of ether oxygens (including phenoxy) is 1. The highest BCUT2D eigenvalue weighted by molar-refractivity contribution is 7.89. The van der Waals surface area contributed by atoms with Crippen LogP contribution in [0.1, 0.15) is 37.6 Å². The van der Waals surface area contributed by atoms with E-state index in [9.17, 15) is 18.7 Å². The largest absolute Gasteiger partial charge is 0.411 e. The van der Waals surface area contributed by atoms with Gasteiger partial charge >= 0.3 is 0 Å². The number of rotatable bonds is 8. The zero-order valence-electron chi connectivity index (χ0n) is 22.3. The van der Waals surface area contributed by atoms with E-state index < -0.39 is 48.1 Å². The molecule has 1 aliphatic heterocycles. The van der Waals surface area contributed by atoms with Crippen molar-refractivity contribution in [2.24, 2.45) is 10.3 Å². The van der Waals surface area contributed by atoms with Crippen LogP contribution >= 0.6 is 0 Å². The maximum Gasteiger partial charge on any atom is 0.256 e. The molecule has 3 atom stereocenters. The fraction of sp³-hybridized carbons (Fsp3) is 0.478. The molecule has 1 aromatic carbocycles. The highest BCUT2D eigenvalue weighted by Crippen LogP contribution is 2.45. The highest BCUT2D eigenvalue weighted by Gasteiger charge is 2.53. The predicted octanol–water partition coefficient (Wildman–Crippen LogP) is 3.47. The minimum atomic E-state index is -3.98. The lowest BCUT2D eigenvalue weighted by atomic mass is 10.1. The van der Waals surface area contributed by atoms with Gasteiger partial charge in [0.05, 0.1) is 18.2 Å². The Balaban J connectivity index is 1.76. The van der Waals surface area contributed by atoms with Crippen molar-refractivity contribution < 1.29 is 22.4 Å². The third-order valence-corrected chi connectivity index (χ3v) is 12.3. The predicted molar refractivity (Wildman–Crippen MR) is 146 cm³/mol. The number of hydrogen-bond donors (Lipinski definition) is 2. The molecule has 0 radical (unpaired) electrons. The molecular weight excluding hydrogens is 542 g/mol. The summed E-state index contributed by atoms with van der Waals surface area (Å²) in [4.78, 5) is 28.5. The number of carbonyl (C=O) groups is 1. The molecular formula is C23H31N9O5SSi. The lowest BCUT2D eigenvalue weighted by Crippen LogP contribution is -2.47. The number of carbonyl (C=O) groups excluding carboxylic acids is 1. The number of fused-ring (bicyclic) bond motifs is 1. The molecule has 14 nitrogen and oxygen atoms in total. The molecule has 1 aliphatic rings. The summed E-state index contributed by atoms with van der Waals surface area (Å²) in [5.41, 5.74) is 10.3. The van der Waals surface area contributed by atoms with Gasteiger partial charge in [-0.25, -0.2) is 28.5 Å². The van der Waals surface area contributed by atoms with Crippen molar-refractivity contribution in [1.29, 1.82) is 0 Å². The Morgan fingerprint density at radius 2 is 2.00 bits per heavy atom. The maximum atomic E-state index is 12.7. The third kappa shape index (κ3) is 5.95. The fourth-order valence-corrected chi connectivity index (χ4v) is 6.18. The van der Waals surface area contributed by atoms with Crippen LogP contribution in [0.3, 0.4) is 0 Å². The van der Waals surface area contributed by atoms with E-state index >= 15 is 0 Å². The van der Waals surface area contributed by atoms with Crippen LogP contribution < -0.4 is 10.5 Å². The molecule has 39 heavy (non-hydrogen) atoms. The van der Waals surface area contributed by atoms with Crippen molar-refractivity contribution in [3.05, 3.63) is 59.0 Å². The van der Waals surface area contributed by atoms with Gasteiger partial charge in [-0.3, -0.25) is 9.36 Å². The smallest absolute Gasteiger partial charge is 0.256 e. The second-order valence-electron chi connectivity index (χ2n) is 10.9. The molecule has 208 valence electrons. The van der Waals surface area contributed by atoms with Gasteiger partial charge in [0.1, 0.15) is 12.4 Å². The van der Waals surface area contributed by atoms with Crippen LogP contribution in [0, 0.1) is 0 Å². The number of nitrogens with two attached hydrogens (primary N) is 1. The zero-order chi connectivity index (χ0) is 28.6. The average molecular weight is 574 g/mol. The van der Waals surface area contributed by atoms with E-state index in [0.717, 1.165) is 0 Å². The van der Waals surface area contributed by atoms with Crippen molar-refractivity contribution in [3.8, 4) is 0 Å². The van der Waals surface area contributed by atoms with Gasteiger partial charge in [0.2, 0.25) is 15.9 Å². The van der Waals surface area contributed by atoms with Crippen LogP contribution in [0.4, 0.5) is 5.82 Å². The Morgan fingerprint density at radius 3 is 2.62 bits per heavy atom. The molecule has 3 heterocycles. The van der Waals surface area contributed by atoms with Gasteiger partial charge < -0.3 is 14.5 Å². The lowest BCUT2D eigenvalue weighted by Gasteiger charge is -2.39. The van der Waals surface area contributed by atoms with Gasteiger partial charge in [-0.2, -0.15) is 0 Å². The van der Waals surface area contributed by atoms with E-state index in [-0.39, 0.29) is 28.4 Å². The van der Waals surface area contributed by atoms with E-state index in [2.05, 4.69) is 51.1 Å². The number of amides is 1. The monoisotopic (exact) mass is 573 g/mol. The summed E-state index contributed by atoms with van der Waals surface area (Å²) in [5.74, 6) is -2.57. The summed E-state index contributed by atoms with van der Waals surface area (Å²) >= 11 is 0. The number of primary sulfonamides is 1. The Morgan fingerprint density at radius 1 is 1.31 bits per heavy atom. The first-order chi connectivity index (χ1) is 18.2. The molecule has 4 rings (SSSR count). The lowest BCUT2D eigenvalue weighted by molar-refractivity contribution is -0.0882. The zero-order valence-corrected chi connectivity index (χ0v) is 24.1. The molecule has 3 N–H and O–H groups in total. The van der Waals surface area contributed by atoms with E-state index in [0.29, 0.717) is 5.56 Å². The van der Waals surface area contributed by atoms with Crippen LogP contribution in [-0.4, -0.2) is 60.1 Å². The Hall–Kier alpha value is -3.40. The Labute approximate surface area is 226 Å². The molecule has 3 aromatic rings. The van der Waals surface area contributed by atoms with Crippen molar-refractivity contribution in [3.63, 3.8) is 0 Å². The van der Waals surface area contributed by atoms with Gasteiger partial charge in [-0.05, 0) is 40.9 Å². The summed E-state index contributed by atoms with van der Waals surface area (Å²) in [6, 6.07) is 8.58. The Bertz CT molecular complexity index is 1530. The molecule has 0 aliphatic carbocycles. The van der Waals surface area contributed by atoms with Crippen molar-refractivity contribution in [2.45, 2.75) is 63.4 Å². The molecule has 1 amide bonds. The molecule has 0 saturated carbocycles. The molecule has 0 unspecified atom stereocenters. The Kier molecular flexibility index (Phi) is 7.55. The third-order valence-electron chi connectivity index (χ3n) is 7.05. The van der Waals surface area contributed by atoms with Crippen LogP contribution in [0.15, 0.2) is 48.1 Å². The number of hydrogen-bond acceptors (Lipinski definition) is 9. The summed E-state index contributed by atoms with van der Waals surface area (Å²) in [5, 5.41) is 11.8. The summed E-state index contributed by atoms with van der Waals surface area (Å²) in [7, 11) is -6.40. The van der Waals surface area contributed by atoms with Crippen LogP contribution in [0.2, 0.25) is 18.1 Å². The van der Waals surface area contributed by atoms with Gasteiger partial charge in [0.15, 0.2) is 25.3 Å². The van der Waals surface area contributed by atoms with Crippen molar-refractivity contribution in [2.75, 3.05) is 11.1 Å². The van der Waals surface area contributed by atoms with Crippen molar-refractivity contribution in [1.82, 2.24) is 19.5 Å². The maximum absolute atomic E-state index is 12.7. The second kappa shape index (κ2) is 10.3. The number of anilines is 1. The molecule has 0 bridgehead atoms. The van der Waals surface area contributed by atoms with E-state index in [1.165, 1.54) is 17.2 Å². The summed E-state index contributed by atoms with van der Waals surface area (Å²) in [6.07, 6.45) is 0.757. The minimum absolute atomic E-state index is 0.0229. The number of sulfonamides is 1. The number of imidazole rings is 1. The standard InChI is InChI=1S/C23H31N9O5SSi/c1-22(2,3)39(4,5)37-16-11-23(30-31-24,36-17(16)12-38(25,34)35)32-14-28-18-19(26-13-27-20(18)32)29-21(33)15-9-7-6-8-10-15/h6-10,13-14,16-17H,11-12H2,1-5H3,(H2,25,34,35)(H,26,27,29,33)/t16-,17+,23-/m0/s1. The van der Waals surface area contributed by atoms with Crippen LogP contribution in [0.25, 0.3) is 21.6 Å². The number of nitrogens with one attached hydrogen (secondary N) is 1. The van der Waals surface area contributed by atoms with Gasteiger partial charge in [-0.15, -0.1) is 0 Å². The molecule has 2 aromatic heterocycles. The summed E-state index contributed by atoms with van der Waals surface area (Å²) in [6.45, 7) is 10.2. The molecule has 1 saturated heterocycles. The minimum Gasteiger partial charge on any atom is -0.411 e. The van der Waals surface area contributed by atoms with Crippen LogP contribution in [0.5, 0.6) is 0 Å². The average Bonchev–Trinajstić information content (AvgIpc) is 3.41. The fourth-order valence-electron chi connectivity index (χ4n) is 4.09. The first-order valence-electron chi connectivity index (χ1n) is 12.1. The van der Waals surface area contributed by atoms with Gasteiger partial charge in [0, 0.05) is 16.9 Å². The topological polar surface area (TPSA) is 200 Å². The van der Waals surface area contributed by atoms with Gasteiger partial charge in [-0.1, -0.05) is 39.0 Å². The van der Waals surface area contributed by atoms with Crippen molar-refractivity contribution >= 4 is 41.2 Å². The number of aromatic nitrogens is 4. The van der Waals surface area contributed by atoms with E-state index in [1.807, 2.05) is 13.1 Å². The molecule has 0 spiro atoms. The van der Waals surface area contributed by atoms with E-state index in [4.69, 9.17) is 14.3 Å². The number of nitrogens with zero attached hydrogens (tertiary/aromatic N) is 7. The highest BCUT2D eigenvalue weighted by atomic mass is 32.2. The van der Waals surface area contributed by atoms with Crippen LogP contribution in [-0.2, 0) is 25.0 Å². The molecule has 1 fully saturated rings. The van der Waals surface area contributed by atoms with Gasteiger partial charge in [0.25, 0.3) is 5.91 Å². The number of azide groups is 1. The van der Waals surface area contributed by atoms with E-state index in [1.54, 1.807) is 30.3 Å². The first kappa shape index (κ1) is 28.6. The second-order valence-corrected chi connectivity index (χ2v) is 17.3. The molecule has 16 heteroatoms. The normalized spacial score (nSPS) is 22.0. The summed E-state index contributed by atoms with van der Waals surface area (Å²) < 4.78 is 38.3.